The Bertz CT molecular complexity index is 1160. The number of carbonyl (C=O) groups is 1. The predicted octanol–water partition coefficient (Wildman–Crippen LogP) is 1.95. The second-order valence-corrected chi connectivity index (χ2v) is 10.4. The quantitative estimate of drug-likeness (QED) is 0.305. The molecule has 0 bridgehead atoms. The van der Waals surface area contributed by atoms with Gasteiger partial charge >= 0.3 is 19.4 Å². The van der Waals surface area contributed by atoms with E-state index in [2.05, 4.69) is 10.1 Å². The molecule has 1 aromatic carbocycles. The van der Waals surface area contributed by atoms with Crippen LogP contribution in [0.4, 0.5) is 10.2 Å². The third-order valence-electron chi connectivity index (χ3n) is 5.26. The van der Waals surface area contributed by atoms with Gasteiger partial charge in [0.2, 0.25) is 0 Å². The SMILES string of the molecule is CC(C)OC(=O)[C@H](C)N[P@](=O)(OCC1O[C@@H](n2ccc(N)nc2=O)[C@](C)(F)[C@@H]1O)Oc1ccccc1. The number of nitrogens with zero attached hydrogens (tertiary/aromatic N) is 2. The number of carbonyl (C=O) groups excluding carboxylic acids is 1. The molecule has 3 rings (SSSR count). The zero-order valence-electron chi connectivity index (χ0n) is 20.2. The summed E-state index contributed by atoms with van der Waals surface area (Å²) < 4.78 is 51.6. The number of aliphatic hydroxyl groups excluding tert-OH is 1. The topological polar surface area (TPSA) is 164 Å². The first-order valence-corrected chi connectivity index (χ1v) is 12.7. The first kappa shape index (κ1) is 27.8. The third kappa shape index (κ3) is 6.48. The van der Waals surface area contributed by atoms with Gasteiger partial charge in [0.15, 0.2) is 11.9 Å². The summed E-state index contributed by atoms with van der Waals surface area (Å²) in [5.41, 5.74) is 2.16. The normalized spacial score (nSPS) is 26.4. The fourth-order valence-corrected chi connectivity index (χ4v) is 4.96. The second-order valence-electron chi connectivity index (χ2n) is 8.70. The van der Waals surface area contributed by atoms with Crippen LogP contribution >= 0.6 is 7.75 Å². The van der Waals surface area contributed by atoms with Crippen molar-refractivity contribution in [2.24, 2.45) is 0 Å². The van der Waals surface area contributed by atoms with Gasteiger partial charge in [-0.15, -0.1) is 0 Å². The van der Waals surface area contributed by atoms with E-state index in [-0.39, 0.29) is 11.6 Å². The van der Waals surface area contributed by atoms with E-state index in [1.54, 1.807) is 32.0 Å². The molecule has 0 amide bonds. The highest BCUT2D eigenvalue weighted by Crippen LogP contribution is 2.47. The number of hydrogen-bond donors (Lipinski definition) is 3. The Kier molecular flexibility index (Phi) is 8.52. The van der Waals surface area contributed by atoms with Crippen LogP contribution < -0.4 is 21.0 Å². The number of nitrogens with two attached hydrogens (primary N) is 1. The van der Waals surface area contributed by atoms with Crippen molar-refractivity contribution >= 4 is 19.5 Å². The van der Waals surface area contributed by atoms with E-state index < -0.39 is 62.3 Å². The number of ether oxygens (including phenoxy) is 2. The van der Waals surface area contributed by atoms with Crippen molar-refractivity contribution in [2.45, 2.75) is 63.9 Å². The van der Waals surface area contributed by atoms with Crippen LogP contribution in [0.5, 0.6) is 5.75 Å². The van der Waals surface area contributed by atoms with E-state index >= 15 is 4.39 Å². The highest BCUT2D eigenvalue weighted by molar-refractivity contribution is 7.52. The Morgan fingerprint density at radius 3 is 2.61 bits per heavy atom. The first-order chi connectivity index (χ1) is 16.8. The number of aliphatic hydroxyl groups is 1. The molecule has 2 heterocycles. The molecule has 14 heteroatoms. The number of nitrogens with one attached hydrogen (secondary N) is 1. The molecule has 12 nitrogen and oxygen atoms in total. The minimum Gasteiger partial charge on any atom is -0.462 e. The maximum absolute atomic E-state index is 15.5. The molecule has 36 heavy (non-hydrogen) atoms. The summed E-state index contributed by atoms with van der Waals surface area (Å²) in [4.78, 5) is 28.0. The molecule has 1 aromatic heterocycles. The van der Waals surface area contributed by atoms with Gasteiger partial charge in [-0.25, -0.2) is 13.8 Å². The van der Waals surface area contributed by atoms with E-state index in [1.807, 2.05) is 0 Å². The zero-order valence-corrected chi connectivity index (χ0v) is 21.1. The Labute approximate surface area is 207 Å². The smallest absolute Gasteiger partial charge is 0.459 e. The van der Waals surface area contributed by atoms with E-state index in [4.69, 9.17) is 24.3 Å². The van der Waals surface area contributed by atoms with Gasteiger partial charge in [0, 0.05) is 6.20 Å². The van der Waals surface area contributed by atoms with Crippen LogP contribution in [0, 0.1) is 0 Å². The average molecular weight is 528 g/mol. The first-order valence-electron chi connectivity index (χ1n) is 11.2. The molecule has 4 N–H and O–H groups in total. The monoisotopic (exact) mass is 528 g/mol. The van der Waals surface area contributed by atoms with Gasteiger partial charge in [-0.05, 0) is 45.9 Å². The van der Waals surface area contributed by atoms with E-state index in [1.165, 1.54) is 31.3 Å². The number of hydrogen-bond acceptors (Lipinski definition) is 10. The Morgan fingerprint density at radius 2 is 2.00 bits per heavy atom. The van der Waals surface area contributed by atoms with E-state index in [0.717, 1.165) is 11.5 Å². The summed E-state index contributed by atoms with van der Waals surface area (Å²) in [5, 5.41) is 13.1. The van der Waals surface area contributed by atoms with E-state index in [0.29, 0.717) is 0 Å². The maximum Gasteiger partial charge on any atom is 0.459 e. The number of aromatic nitrogens is 2. The lowest BCUT2D eigenvalue weighted by Crippen LogP contribution is -2.43. The highest BCUT2D eigenvalue weighted by Gasteiger charge is 2.56. The number of esters is 1. The lowest BCUT2D eigenvalue weighted by molar-refractivity contribution is -0.149. The molecule has 2 aromatic rings. The summed E-state index contributed by atoms with van der Waals surface area (Å²) in [6, 6.07) is 8.20. The zero-order chi connectivity index (χ0) is 26.7. The largest absolute Gasteiger partial charge is 0.462 e. The number of anilines is 1. The number of rotatable bonds is 10. The van der Waals surface area contributed by atoms with Crippen LogP contribution in [-0.2, 0) is 23.4 Å². The van der Waals surface area contributed by atoms with Crippen molar-refractivity contribution < 1.29 is 37.4 Å². The van der Waals surface area contributed by atoms with Crippen LogP contribution in [0.1, 0.15) is 33.9 Å². The Balaban J connectivity index is 1.79. The summed E-state index contributed by atoms with van der Waals surface area (Å²) in [6.07, 6.45) is -3.92. The number of halogens is 1. The number of benzene rings is 1. The molecular weight excluding hydrogens is 498 g/mol. The standard InChI is InChI=1S/C22H30FN4O8P/c1-13(2)33-19(29)14(3)26-36(31,35-15-8-6-5-7-9-15)32-12-16-18(28)22(4,23)20(34-16)27-11-10-17(24)25-21(27)30/h5-11,13-14,16,18,20,28H,12H2,1-4H3,(H,26,31)(H2,24,25,30)/t14-,16?,18+,20+,22+,36-/m0/s1. The van der Waals surface area contributed by atoms with Crippen molar-refractivity contribution in [3.63, 3.8) is 0 Å². The van der Waals surface area contributed by atoms with Gasteiger partial charge < -0.3 is 24.8 Å². The van der Waals surface area contributed by atoms with Crippen LogP contribution in [0.25, 0.3) is 0 Å². The number of alkyl halides is 1. The molecule has 6 atom stereocenters. The number of nitrogen functional groups attached to an aromatic ring is 1. The van der Waals surface area contributed by atoms with Crippen LogP contribution in [0.3, 0.4) is 0 Å². The fourth-order valence-electron chi connectivity index (χ4n) is 3.46. The van der Waals surface area contributed by atoms with Gasteiger partial charge in [-0.3, -0.25) is 13.9 Å². The van der Waals surface area contributed by atoms with Crippen LogP contribution in [0.15, 0.2) is 47.4 Å². The van der Waals surface area contributed by atoms with Gasteiger partial charge in [-0.1, -0.05) is 18.2 Å². The molecule has 0 aliphatic carbocycles. The molecule has 1 unspecified atom stereocenters. The summed E-state index contributed by atoms with van der Waals surface area (Å²) in [6.45, 7) is 5.16. The molecule has 198 valence electrons. The molecule has 1 fully saturated rings. The Morgan fingerprint density at radius 1 is 1.33 bits per heavy atom. The van der Waals surface area contributed by atoms with Crippen molar-refractivity contribution in [2.75, 3.05) is 12.3 Å². The average Bonchev–Trinajstić information content (AvgIpc) is 3.01. The molecule has 0 saturated carbocycles. The molecule has 1 aliphatic rings. The fraction of sp³-hybridized carbons (Fsp3) is 0.500. The molecule has 0 radical (unpaired) electrons. The molecule has 0 spiro atoms. The molecule has 1 aliphatic heterocycles. The summed E-state index contributed by atoms with van der Waals surface area (Å²) in [7, 11) is -4.29. The predicted molar refractivity (Wildman–Crippen MR) is 127 cm³/mol. The van der Waals surface area contributed by atoms with E-state index in [9.17, 15) is 19.3 Å². The van der Waals surface area contributed by atoms with Gasteiger partial charge in [0.05, 0.1) is 12.7 Å². The summed E-state index contributed by atoms with van der Waals surface area (Å²) >= 11 is 0. The van der Waals surface area contributed by atoms with Gasteiger partial charge in [0.1, 0.15) is 29.8 Å². The van der Waals surface area contributed by atoms with Crippen molar-refractivity contribution in [1.82, 2.24) is 14.6 Å². The number of para-hydroxylation sites is 1. The van der Waals surface area contributed by atoms with Crippen molar-refractivity contribution in [3.05, 3.63) is 53.1 Å². The summed E-state index contributed by atoms with van der Waals surface area (Å²) in [5.74, 6) is -0.599. The lowest BCUT2D eigenvalue weighted by atomic mass is 9.98. The molecular formula is C22H30FN4O8P. The van der Waals surface area contributed by atoms with Crippen LogP contribution in [-0.4, -0.2) is 57.3 Å². The second kappa shape index (κ2) is 11.1. The highest BCUT2D eigenvalue weighted by atomic mass is 31.2. The lowest BCUT2D eigenvalue weighted by Gasteiger charge is -2.25. The maximum atomic E-state index is 15.5. The molecule has 1 saturated heterocycles. The third-order valence-corrected chi connectivity index (χ3v) is 6.90. The Hall–Kier alpha value is -2.83. The van der Waals surface area contributed by atoms with Gasteiger partial charge in [-0.2, -0.15) is 10.1 Å². The minimum atomic E-state index is -4.29. The van der Waals surface area contributed by atoms with Crippen molar-refractivity contribution in [3.8, 4) is 5.75 Å². The van der Waals surface area contributed by atoms with Gasteiger partial charge in [0.25, 0.3) is 0 Å². The minimum absolute atomic E-state index is 0.0644. The van der Waals surface area contributed by atoms with Crippen molar-refractivity contribution in [1.29, 1.82) is 0 Å². The van der Waals surface area contributed by atoms with Crippen LogP contribution in [0.2, 0.25) is 0 Å².